The van der Waals surface area contributed by atoms with E-state index in [2.05, 4.69) is 10.2 Å². The quantitative estimate of drug-likeness (QED) is 0.563. The molecule has 1 heterocycles. The van der Waals surface area contributed by atoms with Crippen molar-refractivity contribution < 1.29 is 4.74 Å². The first-order chi connectivity index (χ1) is 9.28. The molecule has 0 radical (unpaired) electrons. The molecule has 96 valence electrons. The van der Waals surface area contributed by atoms with Gasteiger partial charge in [-0.2, -0.15) is 5.10 Å². The standard InChI is InChI=1S/C14H13N3OS/c1-19-14-7-9(5-6-11(14)15)18-13-4-2-3-12-10(13)8-16-17-12/h2-8H,15H2,1H3,(H,16,17). The molecule has 5 heteroatoms. The average molecular weight is 271 g/mol. The lowest BCUT2D eigenvalue weighted by Crippen LogP contribution is -1.90. The summed E-state index contributed by atoms with van der Waals surface area (Å²) < 4.78 is 5.92. The second kappa shape index (κ2) is 4.85. The lowest BCUT2D eigenvalue weighted by atomic mass is 10.2. The summed E-state index contributed by atoms with van der Waals surface area (Å²) in [6, 6.07) is 11.5. The zero-order chi connectivity index (χ0) is 13.2. The number of hydrogen-bond acceptors (Lipinski definition) is 4. The molecule has 0 spiro atoms. The molecule has 0 unspecified atom stereocenters. The fourth-order valence-corrected chi connectivity index (χ4v) is 2.45. The third-order valence-corrected chi connectivity index (χ3v) is 3.67. The topological polar surface area (TPSA) is 63.9 Å². The summed E-state index contributed by atoms with van der Waals surface area (Å²) >= 11 is 1.60. The Labute approximate surface area is 115 Å². The predicted octanol–water partition coefficient (Wildman–Crippen LogP) is 3.66. The van der Waals surface area contributed by atoms with Crippen LogP contribution in [0.5, 0.6) is 11.5 Å². The number of nitrogens with one attached hydrogen (secondary N) is 1. The summed E-state index contributed by atoms with van der Waals surface area (Å²) in [7, 11) is 0. The van der Waals surface area contributed by atoms with Crippen LogP contribution < -0.4 is 10.5 Å². The van der Waals surface area contributed by atoms with Crippen LogP contribution in [-0.2, 0) is 0 Å². The first kappa shape index (κ1) is 11.9. The lowest BCUT2D eigenvalue weighted by Gasteiger charge is -2.09. The van der Waals surface area contributed by atoms with Gasteiger partial charge >= 0.3 is 0 Å². The van der Waals surface area contributed by atoms with E-state index in [4.69, 9.17) is 10.5 Å². The Hall–Kier alpha value is -2.14. The second-order valence-electron chi connectivity index (χ2n) is 4.09. The van der Waals surface area contributed by atoms with Crippen LogP contribution in [0.3, 0.4) is 0 Å². The number of ether oxygens (including phenoxy) is 1. The van der Waals surface area contributed by atoms with E-state index in [1.54, 1.807) is 18.0 Å². The van der Waals surface area contributed by atoms with Crippen molar-refractivity contribution in [2.45, 2.75) is 4.90 Å². The van der Waals surface area contributed by atoms with E-state index in [-0.39, 0.29) is 0 Å². The summed E-state index contributed by atoms with van der Waals surface area (Å²) in [6.45, 7) is 0. The highest BCUT2D eigenvalue weighted by Crippen LogP contribution is 2.32. The number of rotatable bonds is 3. The highest BCUT2D eigenvalue weighted by atomic mass is 32.2. The van der Waals surface area contributed by atoms with Crippen LogP contribution in [0.15, 0.2) is 47.5 Å². The Bertz CT molecular complexity index is 724. The smallest absolute Gasteiger partial charge is 0.138 e. The number of H-pyrrole nitrogens is 1. The van der Waals surface area contributed by atoms with E-state index >= 15 is 0 Å². The summed E-state index contributed by atoms with van der Waals surface area (Å²) in [5.74, 6) is 1.55. The second-order valence-corrected chi connectivity index (χ2v) is 4.94. The molecular formula is C14H13N3OS. The van der Waals surface area contributed by atoms with Gasteiger partial charge in [0.25, 0.3) is 0 Å². The fraction of sp³-hybridized carbons (Fsp3) is 0.0714. The predicted molar refractivity (Wildman–Crippen MR) is 78.8 cm³/mol. The maximum atomic E-state index is 5.92. The van der Waals surface area contributed by atoms with Crippen LogP contribution in [0.1, 0.15) is 0 Å². The molecule has 0 saturated carbocycles. The van der Waals surface area contributed by atoms with Gasteiger partial charge in [-0.1, -0.05) is 6.07 Å². The van der Waals surface area contributed by atoms with Gasteiger partial charge in [0.1, 0.15) is 11.5 Å². The summed E-state index contributed by atoms with van der Waals surface area (Å²) in [5, 5.41) is 7.91. The number of aromatic amines is 1. The Morgan fingerprint density at radius 1 is 1.26 bits per heavy atom. The number of nitrogens with zero attached hydrogens (tertiary/aromatic N) is 1. The molecular weight excluding hydrogens is 258 g/mol. The van der Waals surface area contributed by atoms with Gasteiger partial charge in [-0.15, -0.1) is 11.8 Å². The molecule has 0 amide bonds. The van der Waals surface area contributed by atoms with Gasteiger partial charge in [-0.05, 0) is 36.6 Å². The minimum atomic E-state index is 0.765. The summed E-state index contributed by atoms with van der Waals surface area (Å²) in [4.78, 5) is 1.01. The molecule has 1 aromatic heterocycles. The van der Waals surface area contributed by atoms with Crippen molar-refractivity contribution in [1.29, 1.82) is 0 Å². The van der Waals surface area contributed by atoms with Gasteiger partial charge in [0.05, 0.1) is 17.1 Å². The number of hydrogen-bond donors (Lipinski definition) is 2. The third-order valence-electron chi connectivity index (χ3n) is 2.88. The molecule has 19 heavy (non-hydrogen) atoms. The molecule has 0 atom stereocenters. The van der Waals surface area contributed by atoms with E-state index in [0.29, 0.717) is 0 Å². The van der Waals surface area contributed by atoms with Crippen molar-refractivity contribution in [3.8, 4) is 11.5 Å². The van der Waals surface area contributed by atoms with E-state index in [9.17, 15) is 0 Å². The van der Waals surface area contributed by atoms with E-state index in [1.165, 1.54) is 0 Å². The summed E-state index contributed by atoms with van der Waals surface area (Å²) in [5.41, 5.74) is 7.60. The molecule has 0 aliphatic rings. The Kier molecular flexibility index (Phi) is 3.05. The highest BCUT2D eigenvalue weighted by molar-refractivity contribution is 7.98. The third kappa shape index (κ3) is 2.24. The maximum Gasteiger partial charge on any atom is 0.138 e. The normalized spacial score (nSPS) is 10.8. The van der Waals surface area contributed by atoms with E-state index in [0.717, 1.165) is 33.0 Å². The molecule has 3 N–H and O–H groups in total. The van der Waals surface area contributed by atoms with E-state index in [1.807, 2.05) is 42.7 Å². The zero-order valence-corrected chi connectivity index (χ0v) is 11.2. The molecule has 0 fully saturated rings. The first-order valence-electron chi connectivity index (χ1n) is 5.81. The minimum Gasteiger partial charge on any atom is -0.457 e. The molecule has 0 saturated heterocycles. The number of benzene rings is 2. The van der Waals surface area contributed by atoms with E-state index < -0.39 is 0 Å². The fourth-order valence-electron chi connectivity index (χ4n) is 1.91. The number of fused-ring (bicyclic) bond motifs is 1. The zero-order valence-electron chi connectivity index (χ0n) is 10.4. The monoisotopic (exact) mass is 271 g/mol. The van der Waals surface area contributed by atoms with Gasteiger partial charge in [-0.3, -0.25) is 5.10 Å². The Morgan fingerprint density at radius 3 is 3.00 bits per heavy atom. The van der Waals surface area contributed by atoms with Crippen LogP contribution in [0, 0.1) is 0 Å². The van der Waals surface area contributed by atoms with Crippen LogP contribution in [-0.4, -0.2) is 16.5 Å². The molecule has 3 rings (SSSR count). The van der Waals surface area contributed by atoms with Gasteiger partial charge in [0.2, 0.25) is 0 Å². The number of nitrogens with two attached hydrogens (primary N) is 1. The van der Waals surface area contributed by atoms with Crippen molar-refractivity contribution in [3.05, 3.63) is 42.6 Å². The van der Waals surface area contributed by atoms with Crippen molar-refractivity contribution in [2.24, 2.45) is 0 Å². The molecule has 0 aliphatic carbocycles. The molecule has 3 aromatic rings. The molecule has 0 bridgehead atoms. The minimum absolute atomic E-state index is 0.765. The van der Waals surface area contributed by atoms with Gasteiger partial charge in [0, 0.05) is 10.6 Å². The van der Waals surface area contributed by atoms with Crippen molar-refractivity contribution in [1.82, 2.24) is 10.2 Å². The van der Waals surface area contributed by atoms with Crippen molar-refractivity contribution in [2.75, 3.05) is 12.0 Å². The summed E-state index contributed by atoms with van der Waals surface area (Å²) in [6.07, 6.45) is 3.75. The number of nitrogen functional groups attached to an aromatic ring is 1. The SMILES string of the molecule is CSc1cc(Oc2cccc3[nH]ncc23)ccc1N. The molecule has 2 aromatic carbocycles. The highest BCUT2D eigenvalue weighted by Gasteiger charge is 2.06. The van der Waals surface area contributed by atoms with Gasteiger partial charge < -0.3 is 10.5 Å². The van der Waals surface area contributed by atoms with Gasteiger partial charge in [0.15, 0.2) is 0 Å². The average Bonchev–Trinajstić information content (AvgIpc) is 2.90. The van der Waals surface area contributed by atoms with Crippen molar-refractivity contribution in [3.63, 3.8) is 0 Å². The molecule has 0 aliphatic heterocycles. The lowest BCUT2D eigenvalue weighted by molar-refractivity contribution is 0.487. The number of anilines is 1. The first-order valence-corrected chi connectivity index (χ1v) is 7.04. The van der Waals surface area contributed by atoms with Crippen LogP contribution in [0.2, 0.25) is 0 Å². The number of thioether (sulfide) groups is 1. The Balaban J connectivity index is 1.99. The number of aromatic nitrogens is 2. The van der Waals surface area contributed by atoms with Crippen LogP contribution in [0.25, 0.3) is 10.9 Å². The van der Waals surface area contributed by atoms with Crippen LogP contribution in [0.4, 0.5) is 5.69 Å². The molecule has 4 nitrogen and oxygen atoms in total. The Morgan fingerprint density at radius 2 is 2.16 bits per heavy atom. The van der Waals surface area contributed by atoms with Crippen LogP contribution >= 0.6 is 11.8 Å². The van der Waals surface area contributed by atoms with Gasteiger partial charge in [-0.25, -0.2) is 0 Å². The van der Waals surface area contributed by atoms with Crippen molar-refractivity contribution >= 4 is 28.4 Å². The largest absolute Gasteiger partial charge is 0.457 e. The maximum absolute atomic E-state index is 5.92.